The van der Waals surface area contributed by atoms with Crippen LogP contribution in [0.5, 0.6) is 5.75 Å². The summed E-state index contributed by atoms with van der Waals surface area (Å²) in [5.41, 5.74) is 9.42. The molecule has 3 aromatic rings. The molecule has 2 aromatic carbocycles. The van der Waals surface area contributed by atoms with E-state index in [1.807, 2.05) is 54.6 Å². The SMILES string of the molecule is COc1ccc2nc(/C=C/c3ccc(Cl)cc3)cc(NC3CCCCC3NC(=N)N)c2c1.Cl.Cl. The topological polar surface area (TPSA) is 96.0 Å². The number of hydrogen-bond acceptors (Lipinski definition) is 4. The lowest BCUT2D eigenvalue weighted by atomic mass is 9.90. The van der Waals surface area contributed by atoms with Crippen LogP contribution in [0.2, 0.25) is 5.02 Å². The molecule has 1 heterocycles. The summed E-state index contributed by atoms with van der Waals surface area (Å²) >= 11 is 5.99. The number of aromatic nitrogens is 1. The van der Waals surface area contributed by atoms with Gasteiger partial charge in [0.05, 0.1) is 18.3 Å². The Bertz CT molecular complexity index is 1140. The number of pyridine rings is 1. The van der Waals surface area contributed by atoms with Gasteiger partial charge in [-0.15, -0.1) is 24.8 Å². The monoisotopic (exact) mass is 521 g/mol. The van der Waals surface area contributed by atoms with Crippen molar-refractivity contribution in [2.45, 2.75) is 37.8 Å². The first-order chi connectivity index (χ1) is 15.5. The Morgan fingerprint density at radius 1 is 1.06 bits per heavy atom. The molecule has 1 aromatic heterocycles. The van der Waals surface area contributed by atoms with Crippen molar-refractivity contribution in [3.05, 3.63) is 64.8 Å². The van der Waals surface area contributed by atoms with E-state index in [0.717, 1.165) is 59.3 Å². The number of benzene rings is 2. The zero-order valence-electron chi connectivity index (χ0n) is 18.9. The summed E-state index contributed by atoms with van der Waals surface area (Å²) in [6.45, 7) is 0. The van der Waals surface area contributed by atoms with Crippen LogP contribution in [-0.4, -0.2) is 30.1 Å². The molecule has 0 bridgehead atoms. The molecule has 4 rings (SSSR count). The fourth-order valence-electron chi connectivity index (χ4n) is 4.19. The lowest BCUT2D eigenvalue weighted by Crippen LogP contribution is -2.50. The predicted molar refractivity (Wildman–Crippen MR) is 148 cm³/mol. The van der Waals surface area contributed by atoms with Gasteiger partial charge in [0.2, 0.25) is 0 Å². The third-order valence-electron chi connectivity index (χ3n) is 5.80. The molecule has 1 saturated carbocycles. The summed E-state index contributed by atoms with van der Waals surface area (Å²) in [6, 6.07) is 16.0. The highest BCUT2D eigenvalue weighted by atomic mass is 35.5. The second-order valence-corrected chi connectivity index (χ2v) is 8.50. The van der Waals surface area contributed by atoms with Crippen molar-refractivity contribution >= 4 is 71.1 Å². The van der Waals surface area contributed by atoms with Gasteiger partial charge in [0, 0.05) is 28.2 Å². The van der Waals surface area contributed by atoms with E-state index in [-0.39, 0.29) is 42.9 Å². The van der Waals surface area contributed by atoms with Crippen LogP contribution in [-0.2, 0) is 0 Å². The van der Waals surface area contributed by atoms with Gasteiger partial charge in [-0.3, -0.25) is 5.41 Å². The first-order valence-corrected chi connectivity index (χ1v) is 11.2. The van der Waals surface area contributed by atoms with Crippen molar-refractivity contribution in [2.75, 3.05) is 12.4 Å². The molecule has 0 amide bonds. The van der Waals surface area contributed by atoms with E-state index >= 15 is 0 Å². The summed E-state index contributed by atoms with van der Waals surface area (Å²) in [5.74, 6) is 0.797. The standard InChI is InChI=1S/C25H28ClN5O.2ClH/c1-32-19-12-13-21-20(15-19)24(30-22-4-2-3-5-23(22)31-25(27)28)14-18(29-21)11-8-16-6-9-17(26)10-7-16;;/h6-15,22-23H,2-5H2,1H3,(H,29,30)(H4,27,28,31);2*1H/b11-8+;;. The van der Waals surface area contributed by atoms with Crippen LogP contribution in [0, 0.1) is 5.41 Å². The molecule has 6 nitrogen and oxygen atoms in total. The maximum Gasteiger partial charge on any atom is 0.185 e. The third kappa shape index (κ3) is 6.92. The molecule has 2 unspecified atom stereocenters. The average Bonchev–Trinajstić information content (AvgIpc) is 2.79. The highest BCUT2D eigenvalue weighted by Crippen LogP contribution is 2.31. The molecule has 0 saturated heterocycles. The Labute approximate surface area is 217 Å². The largest absolute Gasteiger partial charge is 0.497 e. The molecular formula is C25H30Cl3N5O. The van der Waals surface area contributed by atoms with E-state index in [9.17, 15) is 0 Å². The number of halogens is 3. The fraction of sp³-hybridized carbons (Fsp3) is 0.280. The van der Waals surface area contributed by atoms with Crippen LogP contribution >= 0.6 is 36.4 Å². The zero-order valence-corrected chi connectivity index (χ0v) is 21.3. The lowest BCUT2D eigenvalue weighted by Gasteiger charge is -2.34. The van der Waals surface area contributed by atoms with E-state index in [1.165, 1.54) is 0 Å². The minimum Gasteiger partial charge on any atom is -0.497 e. The summed E-state index contributed by atoms with van der Waals surface area (Å²) in [6.07, 6.45) is 8.29. The molecule has 1 aliphatic rings. The first kappa shape index (κ1) is 27.6. The molecule has 34 heavy (non-hydrogen) atoms. The average molecular weight is 523 g/mol. The van der Waals surface area contributed by atoms with Crippen molar-refractivity contribution in [1.82, 2.24) is 10.3 Å². The number of nitrogens with zero attached hydrogens (tertiary/aromatic N) is 1. The number of methoxy groups -OCH3 is 1. The quantitative estimate of drug-likeness (QED) is 0.231. The number of hydrogen-bond donors (Lipinski definition) is 4. The van der Waals surface area contributed by atoms with Crippen LogP contribution in [0.4, 0.5) is 5.69 Å². The van der Waals surface area contributed by atoms with Gasteiger partial charge in [-0.2, -0.15) is 0 Å². The van der Waals surface area contributed by atoms with Crippen molar-refractivity contribution in [3.63, 3.8) is 0 Å². The van der Waals surface area contributed by atoms with Gasteiger partial charge >= 0.3 is 0 Å². The number of rotatable bonds is 6. The summed E-state index contributed by atoms with van der Waals surface area (Å²) < 4.78 is 5.45. The Morgan fingerprint density at radius 3 is 2.44 bits per heavy atom. The predicted octanol–water partition coefficient (Wildman–Crippen LogP) is 6.12. The van der Waals surface area contributed by atoms with Crippen molar-refractivity contribution in [2.24, 2.45) is 5.73 Å². The molecule has 2 atom stereocenters. The second kappa shape index (κ2) is 12.7. The molecule has 182 valence electrons. The fourth-order valence-corrected chi connectivity index (χ4v) is 4.31. The molecule has 1 fully saturated rings. The number of nitrogens with one attached hydrogen (secondary N) is 3. The maximum absolute atomic E-state index is 7.66. The molecule has 1 aliphatic carbocycles. The van der Waals surface area contributed by atoms with Crippen LogP contribution in [0.1, 0.15) is 36.9 Å². The van der Waals surface area contributed by atoms with Gasteiger partial charge in [0.1, 0.15) is 5.75 Å². The smallest absolute Gasteiger partial charge is 0.185 e. The molecule has 0 spiro atoms. The number of guanidine groups is 1. The number of anilines is 1. The highest BCUT2D eigenvalue weighted by molar-refractivity contribution is 6.30. The summed E-state index contributed by atoms with van der Waals surface area (Å²) in [4.78, 5) is 4.83. The Balaban J connectivity index is 0.00000204. The number of fused-ring (bicyclic) bond motifs is 1. The van der Waals surface area contributed by atoms with E-state index in [1.54, 1.807) is 7.11 Å². The molecule has 5 N–H and O–H groups in total. The van der Waals surface area contributed by atoms with Crippen LogP contribution < -0.4 is 21.1 Å². The van der Waals surface area contributed by atoms with Gasteiger partial charge in [0.25, 0.3) is 0 Å². The molecular weight excluding hydrogens is 493 g/mol. The third-order valence-corrected chi connectivity index (χ3v) is 6.05. The second-order valence-electron chi connectivity index (χ2n) is 8.06. The normalized spacial score (nSPS) is 17.5. The van der Waals surface area contributed by atoms with Crippen molar-refractivity contribution in [3.8, 4) is 5.75 Å². The summed E-state index contributed by atoms with van der Waals surface area (Å²) in [5, 5.41) is 16.2. The lowest BCUT2D eigenvalue weighted by molar-refractivity contribution is 0.377. The van der Waals surface area contributed by atoms with E-state index in [2.05, 4.69) is 16.7 Å². The van der Waals surface area contributed by atoms with Crippen LogP contribution in [0.15, 0.2) is 48.5 Å². The first-order valence-electron chi connectivity index (χ1n) is 10.8. The van der Waals surface area contributed by atoms with Crippen molar-refractivity contribution in [1.29, 1.82) is 5.41 Å². The van der Waals surface area contributed by atoms with Gasteiger partial charge < -0.3 is 21.1 Å². The zero-order chi connectivity index (χ0) is 22.5. The minimum atomic E-state index is 0. The van der Waals surface area contributed by atoms with E-state index in [0.29, 0.717) is 5.02 Å². The summed E-state index contributed by atoms with van der Waals surface area (Å²) in [7, 11) is 1.67. The van der Waals surface area contributed by atoms with E-state index in [4.69, 9.17) is 32.5 Å². The molecule has 9 heteroatoms. The maximum atomic E-state index is 7.66. The Morgan fingerprint density at radius 2 is 1.76 bits per heavy atom. The van der Waals surface area contributed by atoms with Gasteiger partial charge in [-0.1, -0.05) is 42.7 Å². The van der Waals surface area contributed by atoms with Crippen molar-refractivity contribution < 1.29 is 4.74 Å². The number of nitrogens with two attached hydrogens (primary N) is 1. The minimum absolute atomic E-state index is 0. The van der Waals surface area contributed by atoms with E-state index < -0.39 is 0 Å². The molecule has 0 aliphatic heterocycles. The van der Waals surface area contributed by atoms with Gasteiger partial charge in [-0.25, -0.2) is 4.98 Å². The Hall–Kier alpha value is -2.67. The number of ether oxygens (including phenoxy) is 1. The Kier molecular flexibility index (Phi) is 10.3. The highest BCUT2D eigenvalue weighted by Gasteiger charge is 2.26. The van der Waals surface area contributed by atoms with Gasteiger partial charge in [0.15, 0.2) is 5.96 Å². The van der Waals surface area contributed by atoms with Crippen LogP contribution in [0.3, 0.4) is 0 Å². The van der Waals surface area contributed by atoms with Gasteiger partial charge in [-0.05, 0) is 60.9 Å². The van der Waals surface area contributed by atoms with Crippen LogP contribution in [0.25, 0.3) is 23.1 Å². The molecule has 0 radical (unpaired) electrons.